The van der Waals surface area contributed by atoms with E-state index in [1.54, 1.807) is 37.3 Å². The number of hydrogen-bond acceptors (Lipinski definition) is 4. The molecule has 3 aromatic carbocycles. The first-order valence-corrected chi connectivity index (χ1v) is 12.8. The van der Waals surface area contributed by atoms with Crippen LogP contribution in [-0.2, 0) is 23.1 Å². The van der Waals surface area contributed by atoms with Crippen LogP contribution in [-0.4, -0.2) is 39.1 Å². The molecule has 0 heterocycles. The maximum Gasteiger partial charge on any atom is 0.254 e. The van der Waals surface area contributed by atoms with Crippen LogP contribution in [0.1, 0.15) is 34.8 Å². The smallest absolute Gasteiger partial charge is 0.254 e. The van der Waals surface area contributed by atoms with Crippen LogP contribution < -0.4 is 9.62 Å². The molecule has 6 nitrogen and oxygen atoms in total. The van der Waals surface area contributed by atoms with Gasteiger partial charge < -0.3 is 9.80 Å². The number of nitrogens with one attached hydrogen (secondary N) is 1. The van der Waals surface area contributed by atoms with Crippen molar-refractivity contribution in [1.82, 2.24) is 4.90 Å². The Morgan fingerprint density at radius 1 is 0.914 bits per heavy atom. The fraction of sp³-hybridized carbons (Fsp3) is 0.269. The van der Waals surface area contributed by atoms with Gasteiger partial charge in [-0.1, -0.05) is 19.1 Å². The summed E-state index contributed by atoms with van der Waals surface area (Å²) in [5, 5.41) is 0. The summed E-state index contributed by atoms with van der Waals surface area (Å²) in [7, 11) is 0.190. The van der Waals surface area contributed by atoms with Crippen LogP contribution in [0.4, 0.5) is 20.2 Å². The Bertz CT molecular complexity index is 1280. The SMILES string of the molecule is CCCS(=O)(=O)Nc1ccc(N(C)C)c(CN(Cc2cccc(F)c2)C(=O)c2ccc(F)cc2)c1. The molecule has 0 unspecified atom stereocenters. The van der Waals surface area contributed by atoms with Crippen molar-refractivity contribution in [1.29, 1.82) is 0 Å². The van der Waals surface area contributed by atoms with Crippen molar-refractivity contribution in [3.05, 3.63) is 95.1 Å². The van der Waals surface area contributed by atoms with Crippen LogP contribution in [0.2, 0.25) is 0 Å². The van der Waals surface area contributed by atoms with Crippen LogP contribution in [0.15, 0.2) is 66.7 Å². The van der Waals surface area contributed by atoms with Gasteiger partial charge in [-0.3, -0.25) is 9.52 Å². The van der Waals surface area contributed by atoms with Gasteiger partial charge in [0.25, 0.3) is 5.91 Å². The highest BCUT2D eigenvalue weighted by Crippen LogP contribution is 2.27. The molecule has 1 N–H and O–H groups in total. The minimum atomic E-state index is -3.50. The number of carbonyl (C=O) groups excluding carboxylic acids is 1. The third kappa shape index (κ3) is 7.26. The molecule has 0 atom stereocenters. The topological polar surface area (TPSA) is 69.7 Å². The molecule has 0 aliphatic carbocycles. The zero-order chi connectivity index (χ0) is 25.6. The zero-order valence-electron chi connectivity index (χ0n) is 20.0. The van der Waals surface area contributed by atoms with Crippen molar-refractivity contribution in [2.24, 2.45) is 0 Å². The minimum Gasteiger partial charge on any atom is -0.377 e. The third-order valence-electron chi connectivity index (χ3n) is 5.31. The first-order valence-electron chi connectivity index (χ1n) is 11.2. The maximum absolute atomic E-state index is 13.8. The largest absolute Gasteiger partial charge is 0.377 e. The minimum absolute atomic E-state index is 0.00743. The molecule has 0 bridgehead atoms. The van der Waals surface area contributed by atoms with Crippen molar-refractivity contribution in [3.8, 4) is 0 Å². The van der Waals surface area contributed by atoms with Gasteiger partial charge in [-0.15, -0.1) is 0 Å². The van der Waals surface area contributed by atoms with E-state index in [1.807, 2.05) is 19.0 Å². The lowest BCUT2D eigenvalue weighted by Gasteiger charge is -2.27. The monoisotopic (exact) mass is 501 g/mol. The second kappa shape index (κ2) is 11.3. The van der Waals surface area contributed by atoms with Gasteiger partial charge >= 0.3 is 0 Å². The second-order valence-corrected chi connectivity index (χ2v) is 10.3. The molecule has 3 rings (SSSR count). The predicted molar refractivity (Wildman–Crippen MR) is 135 cm³/mol. The van der Waals surface area contributed by atoms with E-state index in [2.05, 4.69) is 4.72 Å². The molecule has 0 aliphatic rings. The van der Waals surface area contributed by atoms with E-state index in [-0.39, 0.29) is 30.3 Å². The molecule has 0 spiro atoms. The normalized spacial score (nSPS) is 11.2. The Hall–Kier alpha value is -3.46. The summed E-state index contributed by atoms with van der Waals surface area (Å²) in [5.41, 5.74) is 2.75. The highest BCUT2D eigenvalue weighted by Gasteiger charge is 2.20. The average Bonchev–Trinajstić information content (AvgIpc) is 2.78. The lowest BCUT2D eigenvalue weighted by Crippen LogP contribution is -2.31. The standard InChI is InChI=1S/C26H29F2N3O3S/c1-4-14-35(33,34)29-24-12-13-25(30(2)3)21(16-24)18-31(17-19-6-5-7-23(28)15-19)26(32)20-8-10-22(27)11-9-20/h5-13,15-16,29H,4,14,17-18H2,1-3H3. The fourth-order valence-corrected chi connectivity index (χ4v) is 4.87. The van der Waals surface area contributed by atoms with Gasteiger partial charge in [0.1, 0.15) is 11.6 Å². The second-order valence-electron chi connectivity index (χ2n) is 8.46. The first kappa shape index (κ1) is 26.2. The van der Waals surface area contributed by atoms with Crippen LogP contribution in [0.3, 0.4) is 0 Å². The highest BCUT2D eigenvalue weighted by atomic mass is 32.2. The molecular weight excluding hydrogens is 472 g/mol. The molecule has 186 valence electrons. The zero-order valence-corrected chi connectivity index (χ0v) is 20.8. The predicted octanol–water partition coefficient (Wildman–Crippen LogP) is 5.03. The number of rotatable bonds is 10. The van der Waals surface area contributed by atoms with E-state index >= 15 is 0 Å². The van der Waals surface area contributed by atoms with Gasteiger partial charge in [0.2, 0.25) is 10.0 Å². The number of benzene rings is 3. The number of nitrogens with zero attached hydrogens (tertiary/aromatic N) is 2. The summed E-state index contributed by atoms with van der Waals surface area (Å²) in [4.78, 5) is 16.8. The molecule has 9 heteroatoms. The van der Waals surface area contributed by atoms with Crippen molar-refractivity contribution in [2.75, 3.05) is 29.5 Å². The van der Waals surface area contributed by atoms with E-state index in [9.17, 15) is 22.0 Å². The average molecular weight is 502 g/mol. The van der Waals surface area contributed by atoms with Crippen molar-refractivity contribution in [3.63, 3.8) is 0 Å². The first-order chi connectivity index (χ1) is 16.6. The van der Waals surface area contributed by atoms with E-state index < -0.39 is 21.7 Å². The highest BCUT2D eigenvalue weighted by molar-refractivity contribution is 7.92. The molecule has 0 radical (unpaired) electrons. The number of halogens is 2. The summed E-state index contributed by atoms with van der Waals surface area (Å²) in [5.74, 6) is -1.25. The lowest BCUT2D eigenvalue weighted by molar-refractivity contribution is 0.0730. The van der Waals surface area contributed by atoms with Crippen molar-refractivity contribution < 1.29 is 22.0 Å². The van der Waals surface area contributed by atoms with Gasteiger partial charge in [-0.2, -0.15) is 0 Å². The molecule has 35 heavy (non-hydrogen) atoms. The summed E-state index contributed by atoms with van der Waals surface area (Å²) in [6, 6.07) is 16.3. The van der Waals surface area contributed by atoms with Gasteiger partial charge in [-0.05, 0) is 72.1 Å². The maximum atomic E-state index is 13.8. The van der Waals surface area contributed by atoms with Gasteiger partial charge in [-0.25, -0.2) is 17.2 Å². The molecule has 1 amide bonds. The fourth-order valence-electron chi connectivity index (χ4n) is 3.75. The summed E-state index contributed by atoms with van der Waals surface area (Å²) in [6.07, 6.45) is 0.478. The number of hydrogen-bond donors (Lipinski definition) is 1. The van der Waals surface area contributed by atoms with E-state index in [0.717, 1.165) is 5.69 Å². The number of carbonyl (C=O) groups is 1. The summed E-state index contributed by atoms with van der Waals surface area (Å²) >= 11 is 0. The molecule has 0 fully saturated rings. The third-order valence-corrected chi connectivity index (χ3v) is 6.80. The Morgan fingerprint density at radius 3 is 2.26 bits per heavy atom. The Morgan fingerprint density at radius 2 is 1.63 bits per heavy atom. The van der Waals surface area contributed by atoms with Gasteiger partial charge in [0.05, 0.1) is 5.75 Å². The van der Waals surface area contributed by atoms with E-state index in [0.29, 0.717) is 23.2 Å². The molecule has 0 aliphatic heterocycles. The summed E-state index contributed by atoms with van der Waals surface area (Å²) in [6.45, 7) is 2.00. The molecule has 0 saturated carbocycles. The molecule has 3 aromatic rings. The molecule has 0 saturated heterocycles. The van der Waals surface area contributed by atoms with E-state index in [1.165, 1.54) is 41.3 Å². The van der Waals surface area contributed by atoms with Gasteiger partial charge in [0.15, 0.2) is 0 Å². The summed E-state index contributed by atoms with van der Waals surface area (Å²) < 4.78 is 54.4. The van der Waals surface area contributed by atoms with Crippen molar-refractivity contribution >= 4 is 27.3 Å². The lowest BCUT2D eigenvalue weighted by atomic mass is 10.1. The Balaban J connectivity index is 2.00. The number of anilines is 2. The van der Waals surface area contributed by atoms with Crippen molar-refractivity contribution in [2.45, 2.75) is 26.4 Å². The van der Waals surface area contributed by atoms with Crippen LogP contribution in [0, 0.1) is 11.6 Å². The van der Waals surface area contributed by atoms with Crippen LogP contribution in [0.25, 0.3) is 0 Å². The van der Waals surface area contributed by atoms with Crippen LogP contribution in [0.5, 0.6) is 0 Å². The van der Waals surface area contributed by atoms with Gasteiger partial charge in [0, 0.05) is 44.1 Å². The number of amides is 1. The van der Waals surface area contributed by atoms with E-state index in [4.69, 9.17) is 0 Å². The quantitative estimate of drug-likeness (QED) is 0.423. The number of sulfonamides is 1. The molecular formula is C26H29F2N3O3S. The Labute approximate surface area is 205 Å². The van der Waals surface area contributed by atoms with Crippen LogP contribution >= 0.6 is 0 Å². The molecule has 0 aromatic heterocycles. The Kier molecular flexibility index (Phi) is 8.45.